The predicted molar refractivity (Wildman–Crippen MR) is 106 cm³/mol. The maximum Gasteiger partial charge on any atom is 0.264 e. The van der Waals surface area contributed by atoms with Crippen molar-refractivity contribution in [2.24, 2.45) is 0 Å². The second kappa shape index (κ2) is 7.51. The van der Waals surface area contributed by atoms with Crippen molar-refractivity contribution in [1.82, 2.24) is 9.55 Å². The zero-order valence-corrected chi connectivity index (χ0v) is 14.8. The number of rotatable bonds is 4. The Morgan fingerprint density at radius 3 is 2.63 bits per heavy atom. The molecule has 1 aromatic heterocycles. The molecule has 7 heteroatoms. The second-order valence-corrected chi connectivity index (χ2v) is 6.30. The number of aromatic nitrogens is 2. The Morgan fingerprint density at radius 1 is 1.07 bits per heavy atom. The van der Waals surface area contributed by atoms with E-state index < -0.39 is 0 Å². The van der Waals surface area contributed by atoms with Crippen LogP contribution in [0.1, 0.15) is 10.4 Å². The predicted octanol–water partition coefficient (Wildman–Crippen LogP) is 2.73. The highest BCUT2D eigenvalue weighted by Gasteiger charge is 2.17. The Bertz CT molecular complexity index is 933. The van der Waals surface area contributed by atoms with Crippen molar-refractivity contribution in [3.05, 3.63) is 66.4 Å². The molecule has 3 N–H and O–H groups in total. The minimum Gasteiger partial charge on any atom is -0.378 e. The third-order valence-corrected chi connectivity index (χ3v) is 4.47. The molecule has 138 valence electrons. The van der Waals surface area contributed by atoms with Crippen LogP contribution < -0.4 is 16.0 Å². The number of carbonyl (C=O) groups is 1. The monoisotopic (exact) mass is 363 g/mol. The van der Waals surface area contributed by atoms with Crippen molar-refractivity contribution in [3.63, 3.8) is 0 Å². The van der Waals surface area contributed by atoms with Gasteiger partial charge in [-0.2, -0.15) is 4.98 Å². The van der Waals surface area contributed by atoms with Crippen LogP contribution in [0.3, 0.4) is 0 Å². The van der Waals surface area contributed by atoms with Crippen LogP contribution in [-0.4, -0.2) is 41.8 Å². The zero-order valence-electron chi connectivity index (χ0n) is 14.8. The molecule has 0 saturated carbocycles. The Kier molecular flexibility index (Phi) is 4.76. The molecule has 0 bridgehead atoms. The Morgan fingerprint density at radius 2 is 1.85 bits per heavy atom. The standard InChI is InChI=1S/C20H21N5O2/c21-20-23-18(22-16-6-2-1-3-7-16)14-25(20)19(26)15-5-4-8-17(13-15)24-9-11-27-12-10-24/h1-8,13-14,22H,9-12H2,(H2,21,23). The van der Waals surface area contributed by atoms with Crippen molar-refractivity contribution < 1.29 is 9.53 Å². The van der Waals surface area contributed by atoms with Gasteiger partial charge in [-0.15, -0.1) is 0 Å². The lowest BCUT2D eigenvalue weighted by Gasteiger charge is -2.29. The number of nitrogen functional groups attached to an aromatic ring is 1. The van der Waals surface area contributed by atoms with Gasteiger partial charge in [-0.1, -0.05) is 24.3 Å². The molecule has 1 fully saturated rings. The van der Waals surface area contributed by atoms with E-state index in [2.05, 4.69) is 15.2 Å². The van der Waals surface area contributed by atoms with Crippen LogP contribution in [0.25, 0.3) is 0 Å². The van der Waals surface area contributed by atoms with Crippen molar-refractivity contribution in [1.29, 1.82) is 0 Å². The molecule has 0 amide bonds. The van der Waals surface area contributed by atoms with E-state index >= 15 is 0 Å². The van der Waals surface area contributed by atoms with Crippen LogP contribution >= 0.6 is 0 Å². The molecule has 1 saturated heterocycles. The molecule has 0 radical (unpaired) electrons. The van der Waals surface area contributed by atoms with E-state index in [1.54, 1.807) is 12.3 Å². The van der Waals surface area contributed by atoms with Crippen molar-refractivity contribution in [3.8, 4) is 0 Å². The van der Waals surface area contributed by atoms with Crippen LogP contribution in [0, 0.1) is 0 Å². The van der Waals surface area contributed by atoms with E-state index in [-0.39, 0.29) is 11.9 Å². The smallest absolute Gasteiger partial charge is 0.264 e. The van der Waals surface area contributed by atoms with Gasteiger partial charge in [0.05, 0.1) is 19.4 Å². The van der Waals surface area contributed by atoms with Crippen LogP contribution in [-0.2, 0) is 4.74 Å². The number of morpholine rings is 1. The van der Waals surface area contributed by atoms with Gasteiger partial charge >= 0.3 is 0 Å². The summed E-state index contributed by atoms with van der Waals surface area (Å²) in [5, 5.41) is 3.15. The van der Waals surface area contributed by atoms with E-state index in [4.69, 9.17) is 10.5 Å². The number of nitrogens with two attached hydrogens (primary N) is 1. The van der Waals surface area contributed by atoms with E-state index in [0.717, 1.165) is 24.5 Å². The number of nitrogens with one attached hydrogen (secondary N) is 1. The lowest BCUT2D eigenvalue weighted by atomic mass is 10.1. The van der Waals surface area contributed by atoms with Crippen LogP contribution in [0.15, 0.2) is 60.8 Å². The first-order valence-electron chi connectivity index (χ1n) is 8.85. The number of hydrogen-bond donors (Lipinski definition) is 2. The minimum atomic E-state index is -0.212. The Balaban J connectivity index is 1.56. The highest BCUT2D eigenvalue weighted by Crippen LogP contribution is 2.21. The van der Waals surface area contributed by atoms with E-state index in [1.165, 1.54) is 4.57 Å². The van der Waals surface area contributed by atoms with Crippen molar-refractivity contribution in [2.75, 3.05) is 42.3 Å². The molecule has 2 aromatic carbocycles. The number of ether oxygens (including phenoxy) is 1. The number of carbonyl (C=O) groups excluding carboxylic acids is 1. The molecule has 3 aromatic rings. The highest BCUT2D eigenvalue weighted by molar-refractivity contribution is 5.98. The van der Waals surface area contributed by atoms with Gasteiger partial charge in [0.25, 0.3) is 5.91 Å². The van der Waals surface area contributed by atoms with Crippen LogP contribution in [0.4, 0.5) is 23.1 Å². The molecule has 1 aliphatic heterocycles. The average Bonchev–Trinajstić information content (AvgIpc) is 3.09. The van der Waals surface area contributed by atoms with Gasteiger partial charge in [0, 0.05) is 30.0 Å². The number of nitrogens with zero attached hydrogens (tertiary/aromatic N) is 3. The number of hydrogen-bond acceptors (Lipinski definition) is 6. The molecule has 1 aliphatic rings. The summed E-state index contributed by atoms with van der Waals surface area (Å²) in [5.41, 5.74) is 8.43. The summed E-state index contributed by atoms with van der Waals surface area (Å²) in [4.78, 5) is 19.4. The number of anilines is 4. The third kappa shape index (κ3) is 3.78. The topological polar surface area (TPSA) is 85.4 Å². The molecule has 4 rings (SSSR count). The first-order chi connectivity index (χ1) is 13.2. The molecular weight excluding hydrogens is 342 g/mol. The second-order valence-electron chi connectivity index (χ2n) is 6.30. The summed E-state index contributed by atoms with van der Waals surface area (Å²) < 4.78 is 6.76. The molecule has 0 aliphatic carbocycles. The van der Waals surface area contributed by atoms with Crippen LogP contribution in [0.5, 0.6) is 0 Å². The molecule has 0 unspecified atom stereocenters. The Hall–Kier alpha value is -3.32. The third-order valence-electron chi connectivity index (χ3n) is 4.47. The highest BCUT2D eigenvalue weighted by atomic mass is 16.5. The summed E-state index contributed by atoms with van der Waals surface area (Å²) in [6.07, 6.45) is 1.62. The molecule has 0 atom stereocenters. The SMILES string of the molecule is Nc1nc(Nc2ccccc2)cn1C(=O)c1cccc(N2CCOCC2)c1. The van der Waals surface area contributed by atoms with Gasteiger partial charge < -0.3 is 20.7 Å². The average molecular weight is 363 g/mol. The first kappa shape index (κ1) is 17.1. The molecule has 27 heavy (non-hydrogen) atoms. The maximum absolute atomic E-state index is 12.9. The molecule has 0 spiro atoms. The quantitative estimate of drug-likeness (QED) is 0.741. The Labute approximate surface area is 157 Å². The summed E-state index contributed by atoms with van der Waals surface area (Å²) in [6, 6.07) is 17.2. The number of benzene rings is 2. The van der Waals surface area contributed by atoms with Gasteiger partial charge in [0.2, 0.25) is 5.95 Å². The number of imidazole rings is 1. The maximum atomic E-state index is 12.9. The van der Waals surface area contributed by atoms with Gasteiger partial charge in [-0.25, -0.2) is 4.57 Å². The molecular formula is C20H21N5O2. The number of para-hydroxylation sites is 1. The van der Waals surface area contributed by atoms with E-state index in [1.807, 2.05) is 48.5 Å². The lowest BCUT2D eigenvalue weighted by molar-refractivity contribution is 0.0962. The van der Waals surface area contributed by atoms with Gasteiger partial charge in [-0.05, 0) is 30.3 Å². The van der Waals surface area contributed by atoms with Gasteiger partial charge in [0.15, 0.2) is 5.82 Å². The van der Waals surface area contributed by atoms with Gasteiger partial charge in [0.1, 0.15) is 0 Å². The van der Waals surface area contributed by atoms with Crippen molar-refractivity contribution >= 4 is 29.0 Å². The normalized spacial score (nSPS) is 14.1. The largest absolute Gasteiger partial charge is 0.378 e. The molecule has 7 nitrogen and oxygen atoms in total. The first-order valence-corrected chi connectivity index (χ1v) is 8.85. The fourth-order valence-corrected chi connectivity index (χ4v) is 3.08. The molecule has 2 heterocycles. The summed E-state index contributed by atoms with van der Waals surface area (Å²) in [7, 11) is 0. The lowest BCUT2D eigenvalue weighted by Crippen LogP contribution is -2.36. The van der Waals surface area contributed by atoms with Crippen LogP contribution in [0.2, 0.25) is 0 Å². The fraction of sp³-hybridized carbons (Fsp3) is 0.200. The zero-order chi connectivity index (χ0) is 18.6. The minimum absolute atomic E-state index is 0.148. The van der Waals surface area contributed by atoms with E-state index in [0.29, 0.717) is 24.6 Å². The summed E-state index contributed by atoms with van der Waals surface area (Å²) in [5.74, 6) is 0.461. The van der Waals surface area contributed by atoms with E-state index in [9.17, 15) is 4.79 Å². The fourth-order valence-electron chi connectivity index (χ4n) is 3.08. The summed E-state index contributed by atoms with van der Waals surface area (Å²) >= 11 is 0. The summed E-state index contributed by atoms with van der Waals surface area (Å²) in [6.45, 7) is 3.02. The van der Waals surface area contributed by atoms with Crippen molar-refractivity contribution in [2.45, 2.75) is 0 Å². The van der Waals surface area contributed by atoms with Gasteiger partial charge in [-0.3, -0.25) is 4.79 Å².